The van der Waals surface area contributed by atoms with E-state index in [1.54, 1.807) is 20.8 Å². The number of carbonyl (C=O) groups excluding carboxylic acids is 4. The Balaban J connectivity index is -0.000000930. The van der Waals surface area contributed by atoms with Crippen LogP contribution in [-0.4, -0.2) is 64.2 Å². The third kappa shape index (κ3) is 28.7. The van der Waals surface area contributed by atoms with Gasteiger partial charge in [0.2, 0.25) is 0 Å². The zero-order valence-electron chi connectivity index (χ0n) is 39.5. The lowest BCUT2D eigenvalue weighted by molar-refractivity contribution is -0.139. The number of hydrogen-bond acceptors (Lipinski definition) is 11. The summed E-state index contributed by atoms with van der Waals surface area (Å²) < 4.78 is 20.7. The van der Waals surface area contributed by atoms with E-state index in [-0.39, 0.29) is 28.6 Å². The molecule has 0 saturated heterocycles. The van der Waals surface area contributed by atoms with Gasteiger partial charge in [0.25, 0.3) is 0 Å². The van der Waals surface area contributed by atoms with Crippen molar-refractivity contribution in [3.05, 3.63) is 83.1 Å². The molecular formula is C49H76O14. The number of hydrogen-bond donors (Lipinski definition) is 3. The largest absolute Gasteiger partial charge is 0.478 e. The van der Waals surface area contributed by atoms with Crippen molar-refractivity contribution in [3.8, 4) is 0 Å². The van der Waals surface area contributed by atoms with E-state index in [1.807, 2.05) is 20.8 Å². The van der Waals surface area contributed by atoms with Gasteiger partial charge in [-0.15, -0.1) is 0 Å². The Hall–Kier alpha value is -5.53. The first-order valence-corrected chi connectivity index (χ1v) is 21.9. The molecule has 0 aromatic heterocycles. The predicted molar refractivity (Wildman–Crippen MR) is 244 cm³/mol. The average molecular weight is 889 g/mol. The number of carbonyl (C=O) groups is 7. The van der Waals surface area contributed by atoms with Crippen LogP contribution in [0, 0.1) is 5.92 Å². The van der Waals surface area contributed by atoms with Crippen molar-refractivity contribution in [2.75, 3.05) is 7.11 Å². The molecule has 0 radical (unpaired) electrons. The van der Waals surface area contributed by atoms with Crippen molar-refractivity contribution < 1.29 is 67.8 Å². The van der Waals surface area contributed by atoms with E-state index >= 15 is 0 Å². The van der Waals surface area contributed by atoms with Crippen molar-refractivity contribution in [2.24, 2.45) is 5.92 Å². The summed E-state index contributed by atoms with van der Waals surface area (Å²) in [5, 5.41) is 25.3. The van der Waals surface area contributed by atoms with Gasteiger partial charge in [-0.3, -0.25) is 0 Å². The van der Waals surface area contributed by atoms with Crippen molar-refractivity contribution in [2.45, 2.75) is 171 Å². The molecule has 1 aliphatic carbocycles. The first kappa shape index (κ1) is 61.8. The summed E-state index contributed by atoms with van der Waals surface area (Å²) in [6.45, 7) is 28.2. The van der Waals surface area contributed by atoms with E-state index in [1.165, 1.54) is 33.3 Å². The number of carboxylic acids is 3. The third-order valence-electron chi connectivity index (χ3n) is 9.74. The van der Waals surface area contributed by atoms with Gasteiger partial charge < -0.3 is 34.3 Å². The fourth-order valence-electron chi connectivity index (χ4n) is 5.40. The van der Waals surface area contributed by atoms with Crippen LogP contribution in [0.1, 0.15) is 171 Å². The molecule has 356 valence electrons. The smallest absolute Gasteiger partial charge is 0.342 e. The Morgan fingerprint density at radius 1 is 0.540 bits per heavy atom. The summed E-state index contributed by atoms with van der Waals surface area (Å²) in [5.41, 5.74) is 1.67. The van der Waals surface area contributed by atoms with Crippen LogP contribution in [-0.2, 0) is 52.5 Å². The molecule has 0 aliphatic heterocycles. The van der Waals surface area contributed by atoms with Gasteiger partial charge in [-0.05, 0) is 71.6 Å². The summed E-state index contributed by atoms with van der Waals surface area (Å²) in [7, 11) is 1.28. The molecule has 0 bridgehead atoms. The van der Waals surface area contributed by atoms with Gasteiger partial charge in [0.1, 0.15) is 17.3 Å². The summed E-state index contributed by atoms with van der Waals surface area (Å²) in [5.74, 6) is -4.26. The number of aliphatic carboxylic acids is 3. The number of carboxylic acid groups (broad SMARTS) is 3. The SMILES string of the molecule is C=C(C(=O)OC(CCCC)=C(C)C(=O)OC(CCCC)=C(C)C(=O)O)C1CCCCC1.C=C(CC)C(=O)OC(CC)=C(C)C(=O)OC.C=C(CCCCCC)C(=O)O.C=CC(=O)O. The summed E-state index contributed by atoms with van der Waals surface area (Å²) >= 11 is 0. The van der Waals surface area contributed by atoms with Gasteiger partial charge in [0.15, 0.2) is 0 Å². The monoisotopic (exact) mass is 889 g/mol. The minimum atomic E-state index is -1.12. The van der Waals surface area contributed by atoms with Crippen LogP contribution in [0.25, 0.3) is 0 Å². The van der Waals surface area contributed by atoms with Crippen LogP contribution in [0.2, 0.25) is 0 Å². The molecule has 0 spiro atoms. The molecule has 14 heteroatoms. The summed E-state index contributed by atoms with van der Waals surface area (Å²) in [6, 6.07) is 0. The molecule has 0 aromatic rings. The second kappa shape index (κ2) is 37.1. The molecule has 1 aliphatic rings. The molecular weight excluding hydrogens is 813 g/mol. The summed E-state index contributed by atoms with van der Waals surface area (Å²) in [6.07, 6.45) is 16.0. The highest BCUT2D eigenvalue weighted by Gasteiger charge is 2.26. The first-order valence-electron chi connectivity index (χ1n) is 21.9. The second-order valence-corrected chi connectivity index (χ2v) is 14.7. The zero-order chi connectivity index (χ0) is 49.1. The van der Waals surface area contributed by atoms with E-state index in [0.29, 0.717) is 66.6 Å². The van der Waals surface area contributed by atoms with E-state index in [0.717, 1.165) is 63.9 Å². The highest BCUT2D eigenvalue weighted by atomic mass is 16.6. The van der Waals surface area contributed by atoms with Gasteiger partial charge in [-0.1, -0.05) is 112 Å². The Kier molecular flexibility index (Phi) is 36.3. The van der Waals surface area contributed by atoms with Crippen molar-refractivity contribution >= 4 is 41.8 Å². The van der Waals surface area contributed by atoms with E-state index < -0.39 is 41.8 Å². The molecule has 1 rings (SSSR count). The van der Waals surface area contributed by atoms with Crippen LogP contribution in [0.15, 0.2) is 83.1 Å². The summed E-state index contributed by atoms with van der Waals surface area (Å²) in [4.78, 5) is 79.1. The second-order valence-electron chi connectivity index (χ2n) is 14.7. The van der Waals surface area contributed by atoms with Crippen LogP contribution < -0.4 is 0 Å². The van der Waals surface area contributed by atoms with Gasteiger partial charge in [0.05, 0.1) is 23.8 Å². The Bertz CT molecular complexity index is 1650. The minimum Gasteiger partial charge on any atom is -0.478 e. The van der Waals surface area contributed by atoms with Crippen LogP contribution >= 0.6 is 0 Å². The van der Waals surface area contributed by atoms with Gasteiger partial charge in [0, 0.05) is 42.1 Å². The van der Waals surface area contributed by atoms with Crippen LogP contribution in [0.5, 0.6) is 0 Å². The van der Waals surface area contributed by atoms with E-state index in [4.69, 9.17) is 24.4 Å². The molecule has 0 heterocycles. The van der Waals surface area contributed by atoms with E-state index in [9.17, 15) is 38.7 Å². The van der Waals surface area contributed by atoms with Crippen molar-refractivity contribution in [1.82, 2.24) is 0 Å². The lowest BCUT2D eigenvalue weighted by Gasteiger charge is -2.23. The van der Waals surface area contributed by atoms with Crippen LogP contribution in [0.3, 0.4) is 0 Å². The van der Waals surface area contributed by atoms with Crippen LogP contribution in [0.4, 0.5) is 0 Å². The highest BCUT2D eigenvalue weighted by Crippen LogP contribution is 2.31. The minimum absolute atomic E-state index is 0.00683. The topological polar surface area (TPSA) is 217 Å². The first-order chi connectivity index (χ1) is 29.6. The van der Waals surface area contributed by atoms with Crippen molar-refractivity contribution in [3.63, 3.8) is 0 Å². The fraction of sp³-hybridized carbons (Fsp3) is 0.571. The lowest BCUT2D eigenvalue weighted by atomic mass is 9.84. The number of allylic oxidation sites excluding steroid dienone is 3. The molecule has 0 atom stereocenters. The molecule has 0 unspecified atom stereocenters. The molecule has 1 saturated carbocycles. The fourth-order valence-corrected chi connectivity index (χ4v) is 5.40. The maximum absolute atomic E-state index is 12.8. The van der Waals surface area contributed by atoms with Gasteiger partial charge in [-0.25, -0.2) is 33.6 Å². The number of ether oxygens (including phenoxy) is 4. The molecule has 1 fully saturated rings. The zero-order valence-corrected chi connectivity index (χ0v) is 39.5. The Morgan fingerprint density at radius 2 is 1.00 bits per heavy atom. The van der Waals surface area contributed by atoms with E-state index in [2.05, 4.69) is 38.0 Å². The lowest BCUT2D eigenvalue weighted by Crippen LogP contribution is -2.19. The number of unbranched alkanes of at least 4 members (excludes halogenated alkanes) is 5. The number of rotatable bonds is 24. The Morgan fingerprint density at radius 3 is 1.41 bits per heavy atom. The Labute approximate surface area is 375 Å². The normalized spacial score (nSPS) is 13.0. The number of methoxy groups -OCH3 is 1. The maximum Gasteiger partial charge on any atom is 0.342 e. The third-order valence-corrected chi connectivity index (χ3v) is 9.74. The molecule has 3 N–H and O–H groups in total. The maximum atomic E-state index is 12.8. The molecule has 0 amide bonds. The average Bonchev–Trinajstić information content (AvgIpc) is 3.28. The number of esters is 4. The quantitative estimate of drug-likeness (QED) is 0.0270. The van der Waals surface area contributed by atoms with Crippen molar-refractivity contribution in [1.29, 1.82) is 0 Å². The molecule has 14 nitrogen and oxygen atoms in total. The standard InChI is InChI=1S/C25H38O6.C12H18O4.C9H16O2.C3H4O2/c1-6-8-15-21(18(4)23(26)27)30-25(29)19(5)22(16-9-7-2)31-24(28)17(3)20-13-11-10-12-14-20;1-6-8(3)11(13)16-10(7-2)9(4)12(14)15-5;1-3-4-5-6-7-8(2)9(10)11;1-2-3(4)5/h20H,3,6-16H2,1-2,4-5H3,(H,26,27);3,6-7H2,1-2,4-5H3;2-7H2,1H3,(H,10,11);2H,1H2,(H,4,5). The highest BCUT2D eigenvalue weighted by molar-refractivity contribution is 5.93. The molecule has 0 aromatic carbocycles. The van der Waals surface area contributed by atoms with Gasteiger partial charge in [-0.2, -0.15) is 0 Å². The molecule has 63 heavy (non-hydrogen) atoms. The predicted octanol–water partition coefficient (Wildman–Crippen LogP) is 11.4. The van der Waals surface area contributed by atoms with Gasteiger partial charge >= 0.3 is 41.8 Å².